The highest BCUT2D eigenvalue weighted by Gasteiger charge is 2.39. The van der Waals surface area contributed by atoms with Crippen LogP contribution in [0.4, 0.5) is 13.2 Å². The van der Waals surface area contributed by atoms with Gasteiger partial charge in [-0.2, -0.15) is 13.2 Å². The summed E-state index contributed by atoms with van der Waals surface area (Å²) in [5.41, 5.74) is -0.449. The lowest BCUT2D eigenvalue weighted by atomic mass is 10.2. The van der Waals surface area contributed by atoms with Gasteiger partial charge < -0.3 is 10.6 Å². The van der Waals surface area contributed by atoms with Gasteiger partial charge in [-0.25, -0.2) is 0 Å². The van der Waals surface area contributed by atoms with Crippen LogP contribution < -0.4 is 10.6 Å². The fourth-order valence-electron chi connectivity index (χ4n) is 0.535. The monoisotopic (exact) mass is 226 g/mol. The molecule has 0 spiro atoms. The molecule has 14 heavy (non-hydrogen) atoms. The molecule has 80 valence electrons. The van der Waals surface area contributed by atoms with Crippen molar-refractivity contribution in [2.75, 3.05) is 7.05 Å². The van der Waals surface area contributed by atoms with Crippen LogP contribution in [0.25, 0.3) is 0 Å². The lowest BCUT2D eigenvalue weighted by Crippen LogP contribution is -2.30. The molecule has 0 radical (unpaired) electrons. The topological polar surface area (TPSA) is 41.1 Å². The van der Waals surface area contributed by atoms with Crippen molar-refractivity contribution in [3.05, 3.63) is 11.8 Å². The Morgan fingerprint density at radius 3 is 2.29 bits per heavy atom. The highest BCUT2D eigenvalue weighted by molar-refractivity contribution is 7.80. The number of carbonyl (C=O) groups excluding carboxylic acids is 1. The number of allylic oxidation sites excluding steroid dienone is 1. The Balaban J connectivity index is 4.40. The molecule has 0 aliphatic rings. The molecule has 0 amide bonds. The molecule has 0 aromatic heterocycles. The Labute approximate surface area is 84.4 Å². The Kier molecular flexibility index (Phi) is 4.55. The van der Waals surface area contributed by atoms with Crippen molar-refractivity contribution in [3.8, 4) is 0 Å². The minimum Gasteiger partial charge on any atom is -0.366 e. The molecule has 0 unspecified atom stereocenters. The number of ketones is 1. The van der Waals surface area contributed by atoms with Crippen molar-refractivity contribution in [2.45, 2.75) is 13.1 Å². The number of rotatable bonds is 2. The van der Waals surface area contributed by atoms with Crippen LogP contribution in [0, 0.1) is 0 Å². The molecule has 0 saturated heterocycles. The highest BCUT2D eigenvalue weighted by Crippen LogP contribution is 2.19. The first kappa shape index (κ1) is 12.9. The van der Waals surface area contributed by atoms with Gasteiger partial charge in [0, 0.05) is 18.8 Å². The SMILES string of the molecule is CNC(=S)N/C=C(\C)C(=O)C(F)(F)F. The maximum absolute atomic E-state index is 11.8. The van der Waals surface area contributed by atoms with Gasteiger partial charge in [0.05, 0.1) is 0 Å². The third-order valence-electron chi connectivity index (χ3n) is 1.26. The lowest BCUT2D eigenvalue weighted by Gasteiger charge is -2.06. The van der Waals surface area contributed by atoms with Crippen molar-refractivity contribution in [2.24, 2.45) is 0 Å². The van der Waals surface area contributed by atoms with Crippen LogP contribution >= 0.6 is 12.2 Å². The third kappa shape index (κ3) is 4.22. The summed E-state index contributed by atoms with van der Waals surface area (Å²) in [6, 6.07) is 0. The van der Waals surface area contributed by atoms with E-state index in [-0.39, 0.29) is 5.11 Å². The highest BCUT2D eigenvalue weighted by atomic mass is 32.1. The predicted molar refractivity (Wildman–Crippen MR) is 49.6 cm³/mol. The van der Waals surface area contributed by atoms with Gasteiger partial charge >= 0.3 is 6.18 Å². The van der Waals surface area contributed by atoms with Crippen molar-refractivity contribution >= 4 is 23.1 Å². The molecule has 0 heterocycles. The van der Waals surface area contributed by atoms with E-state index in [1.54, 1.807) is 0 Å². The Bertz CT molecular complexity index is 273. The molecule has 0 aliphatic carbocycles. The Morgan fingerprint density at radius 1 is 1.43 bits per heavy atom. The molecule has 0 bridgehead atoms. The van der Waals surface area contributed by atoms with Crippen LogP contribution in [0.5, 0.6) is 0 Å². The molecule has 0 saturated carbocycles. The molecule has 0 aromatic rings. The van der Waals surface area contributed by atoms with Gasteiger partial charge in [0.1, 0.15) is 0 Å². The molecular weight excluding hydrogens is 217 g/mol. The summed E-state index contributed by atoms with van der Waals surface area (Å²) in [7, 11) is 1.50. The van der Waals surface area contributed by atoms with Crippen LogP contribution in [0.15, 0.2) is 11.8 Å². The van der Waals surface area contributed by atoms with E-state index in [1.807, 2.05) is 0 Å². The quantitative estimate of drug-likeness (QED) is 0.547. The van der Waals surface area contributed by atoms with Crippen LogP contribution in [-0.4, -0.2) is 24.1 Å². The normalized spacial score (nSPS) is 12.2. The smallest absolute Gasteiger partial charge is 0.366 e. The van der Waals surface area contributed by atoms with Gasteiger partial charge in [0.15, 0.2) is 5.11 Å². The van der Waals surface area contributed by atoms with E-state index in [0.29, 0.717) is 0 Å². The van der Waals surface area contributed by atoms with E-state index in [4.69, 9.17) is 0 Å². The van der Waals surface area contributed by atoms with E-state index in [0.717, 1.165) is 13.1 Å². The standard InChI is InChI=1S/C7H9F3N2OS/c1-4(3-12-6(14)11-2)5(13)7(8,9)10/h3H,1-2H3,(H2,11,12,14)/b4-3+. The van der Waals surface area contributed by atoms with Crippen molar-refractivity contribution < 1.29 is 18.0 Å². The summed E-state index contributed by atoms with van der Waals surface area (Å²) in [6.45, 7) is 1.06. The second-order valence-corrected chi connectivity index (χ2v) is 2.79. The molecular formula is C7H9F3N2OS. The van der Waals surface area contributed by atoms with Crippen molar-refractivity contribution in [3.63, 3.8) is 0 Å². The molecule has 0 aromatic carbocycles. The minimum atomic E-state index is -4.84. The summed E-state index contributed by atoms with van der Waals surface area (Å²) in [6.07, 6.45) is -3.93. The molecule has 0 fully saturated rings. The maximum Gasteiger partial charge on any atom is 0.454 e. The summed E-state index contributed by atoms with van der Waals surface area (Å²) in [4.78, 5) is 10.6. The average Bonchev–Trinajstić information content (AvgIpc) is 2.10. The van der Waals surface area contributed by atoms with Gasteiger partial charge in [-0.15, -0.1) is 0 Å². The van der Waals surface area contributed by atoms with Crippen molar-refractivity contribution in [1.29, 1.82) is 0 Å². The zero-order chi connectivity index (χ0) is 11.4. The summed E-state index contributed by atoms with van der Waals surface area (Å²) >= 11 is 4.59. The number of nitrogens with one attached hydrogen (secondary N) is 2. The molecule has 2 N–H and O–H groups in total. The van der Waals surface area contributed by atoms with Gasteiger partial charge in [-0.3, -0.25) is 4.79 Å². The van der Waals surface area contributed by atoms with Gasteiger partial charge in [-0.05, 0) is 19.1 Å². The van der Waals surface area contributed by atoms with Crippen LogP contribution in [0.2, 0.25) is 0 Å². The number of hydrogen-bond donors (Lipinski definition) is 2. The number of thiocarbonyl (C=S) groups is 1. The number of hydrogen-bond acceptors (Lipinski definition) is 2. The second kappa shape index (κ2) is 4.94. The zero-order valence-electron chi connectivity index (χ0n) is 7.53. The first-order valence-corrected chi connectivity index (χ1v) is 3.96. The number of carbonyl (C=O) groups is 1. The van der Waals surface area contributed by atoms with Gasteiger partial charge in [0.2, 0.25) is 0 Å². The first-order chi connectivity index (χ1) is 6.29. The summed E-state index contributed by atoms with van der Waals surface area (Å²) in [5, 5.41) is 4.94. The lowest BCUT2D eigenvalue weighted by molar-refractivity contribution is -0.166. The second-order valence-electron chi connectivity index (χ2n) is 2.38. The Morgan fingerprint density at radius 2 is 1.93 bits per heavy atom. The average molecular weight is 226 g/mol. The zero-order valence-corrected chi connectivity index (χ0v) is 8.34. The fraction of sp³-hybridized carbons (Fsp3) is 0.429. The molecule has 0 aliphatic heterocycles. The van der Waals surface area contributed by atoms with Gasteiger partial charge in [0.25, 0.3) is 5.78 Å². The minimum absolute atomic E-state index is 0.138. The summed E-state index contributed by atoms with van der Waals surface area (Å²) < 4.78 is 35.5. The van der Waals surface area contributed by atoms with E-state index < -0.39 is 17.5 Å². The fourth-order valence-corrected chi connectivity index (χ4v) is 0.594. The van der Waals surface area contributed by atoms with Crippen LogP contribution in [-0.2, 0) is 4.79 Å². The Hall–Kier alpha value is -1.11. The molecule has 7 heteroatoms. The van der Waals surface area contributed by atoms with E-state index >= 15 is 0 Å². The van der Waals surface area contributed by atoms with Gasteiger partial charge in [-0.1, -0.05) is 0 Å². The third-order valence-corrected chi connectivity index (χ3v) is 1.58. The number of Topliss-reactive ketones (excluding diaryl/α,β-unsaturated/α-hetero) is 1. The predicted octanol–water partition coefficient (Wildman–Crippen LogP) is 1.12. The van der Waals surface area contributed by atoms with Crippen LogP contribution in [0.1, 0.15) is 6.92 Å². The molecule has 3 nitrogen and oxygen atoms in total. The molecule has 0 atom stereocenters. The van der Waals surface area contributed by atoms with Crippen molar-refractivity contribution in [1.82, 2.24) is 10.6 Å². The van der Waals surface area contributed by atoms with E-state index in [9.17, 15) is 18.0 Å². The number of alkyl halides is 3. The maximum atomic E-state index is 11.8. The van der Waals surface area contributed by atoms with E-state index in [2.05, 4.69) is 22.9 Å². The van der Waals surface area contributed by atoms with Crippen LogP contribution in [0.3, 0.4) is 0 Å². The number of halogens is 3. The summed E-state index contributed by atoms with van der Waals surface area (Å²) in [5.74, 6) is -1.89. The van der Waals surface area contributed by atoms with E-state index in [1.165, 1.54) is 7.05 Å². The largest absolute Gasteiger partial charge is 0.454 e. The first-order valence-electron chi connectivity index (χ1n) is 3.55. The molecule has 0 rings (SSSR count).